The van der Waals surface area contributed by atoms with Crippen molar-refractivity contribution in [3.05, 3.63) is 53.6 Å². The molecule has 164 valence electrons. The van der Waals surface area contributed by atoms with Crippen LogP contribution >= 0.6 is 0 Å². The highest BCUT2D eigenvalue weighted by Gasteiger charge is 2.36. The lowest BCUT2D eigenvalue weighted by molar-refractivity contribution is -0.151. The van der Waals surface area contributed by atoms with E-state index in [1.807, 2.05) is 39.8 Å². The number of ether oxygens (including phenoxy) is 2. The van der Waals surface area contributed by atoms with Gasteiger partial charge in [0.15, 0.2) is 6.61 Å². The molecule has 2 aromatic carbocycles. The molecule has 31 heavy (non-hydrogen) atoms. The summed E-state index contributed by atoms with van der Waals surface area (Å²) in [4.78, 5) is 38.5. The predicted molar refractivity (Wildman–Crippen MR) is 118 cm³/mol. The van der Waals surface area contributed by atoms with Gasteiger partial charge in [-0.3, -0.25) is 14.4 Å². The van der Waals surface area contributed by atoms with E-state index in [1.54, 1.807) is 35.2 Å². The molecule has 2 amide bonds. The van der Waals surface area contributed by atoms with Crippen molar-refractivity contribution >= 4 is 29.2 Å². The summed E-state index contributed by atoms with van der Waals surface area (Å²) >= 11 is 0. The lowest BCUT2D eigenvalue weighted by atomic mass is 10.1. The van der Waals surface area contributed by atoms with Crippen LogP contribution in [0.4, 0.5) is 11.4 Å². The summed E-state index contributed by atoms with van der Waals surface area (Å²) in [5.74, 6) is -1.01. The number of carbonyl (C=O) groups is 3. The highest BCUT2D eigenvalue weighted by molar-refractivity contribution is 6.00. The normalized spacial score (nSPS) is 15.8. The van der Waals surface area contributed by atoms with Gasteiger partial charge in [-0.15, -0.1) is 0 Å². The van der Waals surface area contributed by atoms with Gasteiger partial charge in [-0.05, 0) is 75.2 Å². The van der Waals surface area contributed by atoms with Crippen molar-refractivity contribution in [2.75, 3.05) is 23.4 Å². The van der Waals surface area contributed by atoms with Crippen molar-refractivity contribution in [3.8, 4) is 5.75 Å². The van der Waals surface area contributed by atoms with E-state index in [0.717, 1.165) is 16.9 Å². The average molecular weight is 424 g/mol. The first kappa shape index (κ1) is 22.3. The van der Waals surface area contributed by atoms with Crippen LogP contribution in [0.3, 0.4) is 0 Å². The van der Waals surface area contributed by atoms with Crippen molar-refractivity contribution < 1.29 is 23.9 Å². The van der Waals surface area contributed by atoms with Crippen molar-refractivity contribution in [1.29, 1.82) is 0 Å². The molecule has 0 unspecified atom stereocenters. The van der Waals surface area contributed by atoms with Gasteiger partial charge in [-0.2, -0.15) is 0 Å². The van der Waals surface area contributed by atoms with Crippen LogP contribution in [0, 0.1) is 19.8 Å². The Kier molecular flexibility index (Phi) is 6.95. The number of nitrogens with one attached hydrogen (secondary N) is 1. The number of carbonyl (C=O) groups excluding carboxylic acids is 3. The number of hydrogen-bond acceptors (Lipinski definition) is 5. The highest BCUT2D eigenvalue weighted by atomic mass is 16.5. The van der Waals surface area contributed by atoms with Crippen LogP contribution in [0.25, 0.3) is 0 Å². The topological polar surface area (TPSA) is 84.9 Å². The lowest BCUT2D eigenvalue weighted by Crippen LogP contribution is -2.28. The van der Waals surface area contributed by atoms with Crippen LogP contribution in [0.1, 0.15) is 31.4 Å². The third-order valence-electron chi connectivity index (χ3n) is 5.11. The number of nitrogens with zero attached hydrogens (tertiary/aromatic N) is 1. The first-order valence-electron chi connectivity index (χ1n) is 10.3. The van der Waals surface area contributed by atoms with Gasteiger partial charge in [0.1, 0.15) is 5.75 Å². The van der Waals surface area contributed by atoms with Gasteiger partial charge in [0.25, 0.3) is 5.91 Å². The molecule has 0 aliphatic carbocycles. The van der Waals surface area contributed by atoms with Gasteiger partial charge in [0.05, 0.1) is 12.0 Å². The third kappa shape index (κ3) is 5.84. The Labute approximate surface area is 182 Å². The molecule has 1 N–H and O–H groups in total. The van der Waals surface area contributed by atoms with Gasteiger partial charge < -0.3 is 19.7 Å². The molecular formula is C24H28N2O5. The number of amides is 2. The largest absolute Gasteiger partial charge is 0.491 e. The number of aryl methyl sites for hydroxylation is 2. The van der Waals surface area contributed by atoms with E-state index in [4.69, 9.17) is 9.47 Å². The zero-order valence-corrected chi connectivity index (χ0v) is 18.3. The molecule has 1 atom stereocenters. The SMILES string of the molecule is Cc1ccc(NC(=O)COC(=O)[C@@H]2CC(=O)N(c3ccc(OC(C)C)cc3)C2)cc1C. The summed E-state index contributed by atoms with van der Waals surface area (Å²) < 4.78 is 10.8. The van der Waals surface area contributed by atoms with E-state index in [9.17, 15) is 14.4 Å². The number of hydrogen-bond donors (Lipinski definition) is 1. The molecule has 1 aliphatic rings. The first-order valence-corrected chi connectivity index (χ1v) is 10.3. The second-order valence-electron chi connectivity index (χ2n) is 8.02. The van der Waals surface area contributed by atoms with E-state index >= 15 is 0 Å². The first-order chi connectivity index (χ1) is 14.7. The zero-order chi connectivity index (χ0) is 22.5. The van der Waals surface area contributed by atoms with Crippen LogP contribution in [0.15, 0.2) is 42.5 Å². The molecule has 1 aliphatic heterocycles. The van der Waals surface area contributed by atoms with Crippen molar-refractivity contribution in [1.82, 2.24) is 0 Å². The third-order valence-corrected chi connectivity index (χ3v) is 5.11. The molecule has 1 saturated heterocycles. The molecular weight excluding hydrogens is 396 g/mol. The fourth-order valence-electron chi connectivity index (χ4n) is 3.36. The molecule has 0 aromatic heterocycles. The Morgan fingerprint density at radius 2 is 1.81 bits per heavy atom. The molecule has 1 heterocycles. The van der Waals surface area contributed by atoms with Crippen LogP contribution < -0.4 is 15.0 Å². The van der Waals surface area contributed by atoms with E-state index in [0.29, 0.717) is 11.4 Å². The molecule has 3 rings (SSSR count). The van der Waals surface area contributed by atoms with Crippen LogP contribution in [-0.2, 0) is 19.1 Å². The summed E-state index contributed by atoms with van der Waals surface area (Å²) in [7, 11) is 0. The Morgan fingerprint density at radius 1 is 1.10 bits per heavy atom. The van der Waals surface area contributed by atoms with E-state index in [2.05, 4.69) is 5.32 Å². The Morgan fingerprint density at radius 3 is 2.45 bits per heavy atom. The zero-order valence-electron chi connectivity index (χ0n) is 18.3. The average Bonchev–Trinajstić information content (AvgIpc) is 3.11. The molecule has 0 spiro atoms. The van der Waals surface area contributed by atoms with Crippen molar-refractivity contribution in [2.45, 2.75) is 40.2 Å². The number of esters is 1. The maximum atomic E-state index is 12.4. The summed E-state index contributed by atoms with van der Waals surface area (Å²) in [6.07, 6.45) is 0.118. The quantitative estimate of drug-likeness (QED) is 0.686. The predicted octanol–water partition coefficient (Wildman–Crippen LogP) is 3.63. The second-order valence-corrected chi connectivity index (χ2v) is 8.02. The van der Waals surface area contributed by atoms with Gasteiger partial charge in [0.2, 0.25) is 5.91 Å². The van der Waals surface area contributed by atoms with Crippen LogP contribution in [-0.4, -0.2) is 37.0 Å². The molecule has 7 heteroatoms. The Bertz CT molecular complexity index is 968. The second kappa shape index (κ2) is 9.64. The molecule has 7 nitrogen and oxygen atoms in total. The fourth-order valence-corrected chi connectivity index (χ4v) is 3.36. The van der Waals surface area contributed by atoms with E-state index in [1.165, 1.54) is 0 Å². The summed E-state index contributed by atoms with van der Waals surface area (Å²) in [6, 6.07) is 12.8. The van der Waals surface area contributed by atoms with Crippen molar-refractivity contribution in [2.24, 2.45) is 5.92 Å². The Hall–Kier alpha value is -3.35. The molecule has 0 bridgehead atoms. The maximum absolute atomic E-state index is 12.4. The minimum atomic E-state index is -0.603. The highest BCUT2D eigenvalue weighted by Crippen LogP contribution is 2.27. The van der Waals surface area contributed by atoms with E-state index < -0.39 is 24.4 Å². The van der Waals surface area contributed by atoms with Crippen LogP contribution in [0.5, 0.6) is 5.75 Å². The molecule has 0 radical (unpaired) electrons. The smallest absolute Gasteiger partial charge is 0.311 e. The number of anilines is 2. The van der Waals surface area contributed by atoms with Crippen molar-refractivity contribution in [3.63, 3.8) is 0 Å². The molecule has 0 saturated carbocycles. The van der Waals surface area contributed by atoms with Gasteiger partial charge in [-0.25, -0.2) is 0 Å². The maximum Gasteiger partial charge on any atom is 0.311 e. The fraction of sp³-hybridized carbons (Fsp3) is 0.375. The van der Waals surface area contributed by atoms with Crippen LogP contribution in [0.2, 0.25) is 0 Å². The summed E-state index contributed by atoms with van der Waals surface area (Å²) in [6.45, 7) is 7.66. The lowest BCUT2D eigenvalue weighted by Gasteiger charge is -2.17. The Balaban J connectivity index is 1.51. The van der Waals surface area contributed by atoms with E-state index in [-0.39, 0.29) is 25.0 Å². The summed E-state index contributed by atoms with van der Waals surface area (Å²) in [5.41, 5.74) is 3.53. The van der Waals surface area contributed by atoms with Gasteiger partial charge in [0, 0.05) is 24.3 Å². The molecule has 1 fully saturated rings. The summed E-state index contributed by atoms with van der Waals surface area (Å²) in [5, 5.41) is 2.71. The standard InChI is InChI=1S/C24H28N2O5/c1-15(2)31-21-9-7-20(8-10-21)26-13-18(12-23(26)28)24(29)30-14-22(27)25-19-6-5-16(3)17(4)11-19/h5-11,15,18H,12-14H2,1-4H3,(H,25,27)/t18-/m1/s1. The number of rotatable bonds is 7. The molecule has 2 aromatic rings. The minimum Gasteiger partial charge on any atom is -0.491 e. The van der Waals surface area contributed by atoms with Gasteiger partial charge >= 0.3 is 5.97 Å². The monoisotopic (exact) mass is 424 g/mol. The minimum absolute atomic E-state index is 0.0574. The van der Waals surface area contributed by atoms with Gasteiger partial charge in [-0.1, -0.05) is 6.07 Å². The number of benzene rings is 2.